The van der Waals surface area contributed by atoms with Crippen LogP contribution in [0.4, 0.5) is 5.82 Å². The number of imidazole rings is 1. The highest BCUT2D eigenvalue weighted by molar-refractivity contribution is 9.10. The lowest BCUT2D eigenvalue weighted by Gasteiger charge is -1.95. The third-order valence-corrected chi connectivity index (χ3v) is 3.59. The van der Waals surface area contributed by atoms with Crippen LogP contribution in [-0.2, 0) is 6.54 Å². The van der Waals surface area contributed by atoms with E-state index in [0.29, 0.717) is 12.4 Å². The Morgan fingerprint density at radius 3 is 3.00 bits per heavy atom. The van der Waals surface area contributed by atoms with Crippen molar-refractivity contribution in [2.24, 2.45) is 0 Å². The molecule has 0 spiro atoms. The average Bonchev–Trinajstić information content (AvgIpc) is 2.83. The number of nitrogen functional groups attached to an aromatic ring is 1. The molecule has 0 aliphatic carbocycles. The number of nitrogens with two attached hydrogens (primary N) is 1. The van der Waals surface area contributed by atoms with Gasteiger partial charge in [-0.15, -0.1) is 11.3 Å². The molecule has 0 aliphatic rings. The fourth-order valence-electron chi connectivity index (χ4n) is 1.51. The van der Waals surface area contributed by atoms with Gasteiger partial charge in [-0.2, -0.15) is 5.10 Å². The molecule has 5 nitrogen and oxygen atoms in total. The quantitative estimate of drug-likeness (QED) is 0.787. The number of aromatic nitrogens is 4. The molecule has 16 heavy (non-hydrogen) atoms. The SMILES string of the molecule is Nc1nn(Cc2cn3ccsc3n2)cc1Br. The number of thiazole rings is 1. The van der Waals surface area contributed by atoms with Gasteiger partial charge < -0.3 is 5.73 Å². The van der Waals surface area contributed by atoms with Crippen molar-refractivity contribution in [3.8, 4) is 0 Å². The lowest BCUT2D eigenvalue weighted by molar-refractivity contribution is 0.679. The van der Waals surface area contributed by atoms with Gasteiger partial charge in [-0.05, 0) is 15.9 Å². The zero-order valence-electron chi connectivity index (χ0n) is 8.17. The highest BCUT2D eigenvalue weighted by Crippen LogP contribution is 2.17. The van der Waals surface area contributed by atoms with E-state index in [1.807, 2.05) is 28.4 Å². The van der Waals surface area contributed by atoms with E-state index in [9.17, 15) is 0 Å². The number of hydrogen-bond donors (Lipinski definition) is 1. The molecule has 0 radical (unpaired) electrons. The minimum absolute atomic E-state index is 0.501. The van der Waals surface area contributed by atoms with Crippen LogP contribution in [0, 0.1) is 0 Å². The van der Waals surface area contributed by atoms with E-state index in [1.54, 1.807) is 16.0 Å². The first kappa shape index (κ1) is 9.86. The van der Waals surface area contributed by atoms with Crippen LogP contribution >= 0.6 is 27.3 Å². The van der Waals surface area contributed by atoms with Gasteiger partial charge in [-0.1, -0.05) is 0 Å². The van der Waals surface area contributed by atoms with E-state index < -0.39 is 0 Å². The summed E-state index contributed by atoms with van der Waals surface area (Å²) in [4.78, 5) is 5.47. The van der Waals surface area contributed by atoms with Crippen molar-refractivity contribution < 1.29 is 0 Å². The fourth-order valence-corrected chi connectivity index (χ4v) is 2.55. The molecule has 2 N–H and O–H groups in total. The van der Waals surface area contributed by atoms with E-state index in [0.717, 1.165) is 15.1 Å². The van der Waals surface area contributed by atoms with Gasteiger partial charge in [0.25, 0.3) is 0 Å². The maximum Gasteiger partial charge on any atom is 0.193 e. The van der Waals surface area contributed by atoms with E-state index in [2.05, 4.69) is 26.0 Å². The summed E-state index contributed by atoms with van der Waals surface area (Å²) in [6.45, 7) is 0.629. The first-order chi connectivity index (χ1) is 7.72. The Morgan fingerprint density at radius 1 is 1.44 bits per heavy atom. The Hall–Kier alpha value is -1.34. The maximum atomic E-state index is 5.65. The van der Waals surface area contributed by atoms with Gasteiger partial charge in [0.1, 0.15) is 0 Å². The van der Waals surface area contributed by atoms with Crippen LogP contribution in [-0.4, -0.2) is 19.2 Å². The van der Waals surface area contributed by atoms with Crippen molar-refractivity contribution in [3.63, 3.8) is 0 Å². The smallest absolute Gasteiger partial charge is 0.193 e. The fraction of sp³-hybridized carbons (Fsp3) is 0.111. The molecule has 0 unspecified atom stereocenters. The summed E-state index contributed by atoms with van der Waals surface area (Å²) in [7, 11) is 0. The van der Waals surface area contributed by atoms with E-state index in [4.69, 9.17) is 5.73 Å². The Bertz CT molecular complexity index is 589. The molecule has 0 aliphatic heterocycles. The maximum absolute atomic E-state index is 5.65. The van der Waals surface area contributed by atoms with Crippen LogP contribution in [0.3, 0.4) is 0 Å². The lowest BCUT2D eigenvalue weighted by atomic mass is 10.5. The predicted molar refractivity (Wildman–Crippen MR) is 66.5 cm³/mol. The Kier molecular flexibility index (Phi) is 2.22. The predicted octanol–water partition coefficient (Wildman–Crippen LogP) is 1.99. The van der Waals surface area contributed by atoms with E-state index in [1.165, 1.54) is 0 Å². The third-order valence-electron chi connectivity index (χ3n) is 2.21. The molecule has 3 heterocycles. The third kappa shape index (κ3) is 1.61. The first-order valence-corrected chi connectivity index (χ1v) is 6.29. The van der Waals surface area contributed by atoms with E-state index in [-0.39, 0.29) is 0 Å². The number of nitrogens with zero attached hydrogens (tertiary/aromatic N) is 4. The number of fused-ring (bicyclic) bond motifs is 1. The van der Waals surface area contributed by atoms with Crippen molar-refractivity contribution in [3.05, 3.63) is 34.1 Å². The van der Waals surface area contributed by atoms with Crippen LogP contribution in [0.25, 0.3) is 4.96 Å². The van der Waals surface area contributed by atoms with Crippen LogP contribution in [0.15, 0.2) is 28.4 Å². The molecule has 3 rings (SSSR count). The highest BCUT2D eigenvalue weighted by atomic mass is 79.9. The first-order valence-electron chi connectivity index (χ1n) is 4.62. The Morgan fingerprint density at radius 2 is 2.31 bits per heavy atom. The summed E-state index contributed by atoms with van der Waals surface area (Å²) in [6, 6.07) is 0. The standard InChI is InChI=1S/C9H8BrN5S/c10-7-5-15(13-8(7)11)4-6-3-14-1-2-16-9(14)12-6/h1-3,5H,4H2,(H2,11,13). The molecule has 0 fully saturated rings. The summed E-state index contributed by atoms with van der Waals surface area (Å²) < 4.78 is 4.59. The van der Waals surface area contributed by atoms with Gasteiger partial charge >= 0.3 is 0 Å². The van der Waals surface area contributed by atoms with Crippen molar-refractivity contribution in [1.82, 2.24) is 19.2 Å². The minimum Gasteiger partial charge on any atom is -0.381 e. The topological polar surface area (TPSA) is 61.1 Å². The second-order valence-electron chi connectivity index (χ2n) is 3.38. The number of hydrogen-bond acceptors (Lipinski definition) is 4. The molecule has 0 bridgehead atoms. The minimum atomic E-state index is 0.501. The number of halogens is 1. The van der Waals surface area contributed by atoms with Gasteiger partial charge in [0, 0.05) is 24.0 Å². The van der Waals surface area contributed by atoms with Crippen molar-refractivity contribution >= 4 is 38.0 Å². The van der Waals surface area contributed by atoms with Crippen LogP contribution < -0.4 is 5.73 Å². The summed E-state index contributed by atoms with van der Waals surface area (Å²) >= 11 is 4.94. The second-order valence-corrected chi connectivity index (χ2v) is 5.11. The molecule has 0 amide bonds. The van der Waals surface area contributed by atoms with Crippen LogP contribution in [0.2, 0.25) is 0 Å². The molecule has 0 aromatic carbocycles. The van der Waals surface area contributed by atoms with Gasteiger partial charge in [0.05, 0.1) is 16.7 Å². The van der Waals surface area contributed by atoms with Gasteiger partial charge in [-0.25, -0.2) is 4.98 Å². The second kappa shape index (κ2) is 3.60. The highest BCUT2D eigenvalue weighted by Gasteiger charge is 2.06. The lowest BCUT2D eigenvalue weighted by Crippen LogP contribution is -2.01. The largest absolute Gasteiger partial charge is 0.381 e. The molecule has 7 heteroatoms. The van der Waals surface area contributed by atoms with Crippen molar-refractivity contribution in [2.45, 2.75) is 6.54 Å². The molecule has 3 aromatic rings. The Balaban J connectivity index is 1.91. The van der Waals surface area contributed by atoms with Crippen LogP contribution in [0.1, 0.15) is 5.69 Å². The molecule has 0 atom stereocenters. The summed E-state index contributed by atoms with van der Waals surface area (Å²) in [5.41, 5.74) is 6.62. The van der Waals surface area contributed by atoms with Gasteiger partial charge in [-0.3, -0.25) is 9.08 Å². The average molecular weight is 298 g/mol. The zero-order chi connectivity index (χ0) is 11.1. The summed E-state index contributed by atoms with van der Waals surface area (Å²) in [5, 5.41) is 6.17. The monoisotopic (exact) mass is 297 g/mol. The van der Waals surface area contributed by atoms with Crippen molar-refractivity contribution in [1.29, 1.82) is 0 Å². The van der Waals surface area contributed by atoms with Crippen LogP contribution in [0.5, 0.6) is 0 Å². The van der Waals surface area contributed by atoms with E-state index >= 15 is 0 Å². The van der Waals surface area contributed by atoms with Gasteiger partial charge in [0.15, 0.2) is 10.8 Å². The molecular weight excluding hydrogens is 290 g/mol. The molecule has 3 aromatic heterocycles. The summed E-state index contributed by atoms with van der Waals surface area (Å²) in [6.07, 6.45) is 5.84. The zero-order valence-corrected chi connectivity index (χ0v) is 10.6. The number of anilines is 1. The Labute approximate surface area is 104 Å². The molecule has 0 saturated heterocycles. The molecule has 0 saturated carbocycles. The van der Waals surface area contributed by atoms with Gasteiger partial charge in [0.2, 0.25) is 0 Å². The molecular formula is C9H8BrN5S. The normalized spacial score (nSPS) is 11.3. The molecule has 82 valence electrons. The number of rotatable bonds is 2. The van der Waals surface area contributed by atoms with Crippen molar-refractivity contribution in [2.75, 3.05) is 5.73 Å². The summed E-state index contributed by atoms with van der Waals surface area (Å²) in [5.74, 6) is 0.501.